The van der Waals surface area contributed by atoms with Crippen molar-refractivity contribution in [3.63, 3.8) is 0 Å². The number of benzene rings is 1. The lowest BCUT2D eigenvalue weighted by atomic mass is 10.1. The fourth-order valence-corrected chi connectivity index (χ4v) is 3.25. The van der Waals surface area contributed by atoms with Crippen molar-refractivity contribution in [2.24, 2.45) is 0 Å². The van der Waals surface area contributed by atoms with E-state index in [1.807, 2.05) is 31.2 Å². The van der Waals surface area contributed by atoms with Gasteiger partial charge in [0, 0.05) is 6.20 Å². The van der Waals surface area contributed by atoms with Crippen LogP contribution >= 0.6 is 15.9 Å². The molecule has 3 rings (SSSR count). The third kappa shape index (κ3) is 4.70. The van der Waals surface area contributed by atoms with Crippen molar-refractivity contribution in [3.8, 4) is 0 Å². The standard InChI is InChI=1S/C18H17BrF2N6O3/c1-10-3-5-12(6-4-10)7-25-8-13(19)18(24-25)22-14(28)9-26-11(2)16(27(29)30)15(23-26)17(20)21/h3-6,8,17H,7,9H2,1-2H3,(H,22,24,28). The molecule has 0 spiro atoms. The third-order valence-corrected chi connectivity index (χ3v) is 4.90. The van der Waals surface area contributed by atoms with Crippen LogP contribution in [-0.2, 0) is 17.9 Å². The van der Waals surface area contributed by atoms with Gasteiger partial charge in [-0.15, -0.1) is 0 Å². The quantitative estimate of drug-likeness (QED) is 0.404. The fourth-order valence-electron chi connectivity index (χ4n) is 2.84. The summed E-state index contributed by atoms with van der Waals surface area (Å²) in [7, 11) is 0. The second-order valence-electron chi connectivity index (χ2n) is 6.59. The Labute approximate surface area is 178 Å². The van der Waals surface area contributed by atoms with Gasteiger partial charge in [-0.1, -0.05) is 29.8 Å². The van der Waals surface area contributed by atoms with Gasteiger partial charge in [-0.25, -0.2) is 8.78 Å². The number of aromatic nitrogens is 4. The molecular formula is C18H17BrF2N6O3. The molecule has 1 aromatic carbocycles. The van der Waals surface area contributed by atoms with Crippen LogP contribution in [0, 0.1) is 24.0 Å². The van der Waals surface area contributed by atoms with Gasteiger partial charge in [0.2, 0.25) is 11.6 Å². The lowest BCUT2D eigenvalue weighted by molar-refractivity contribution is -0.386. The number of hydrogen-bond acceptors (Lipinski definition) is 5. The molecule has 0 fully saturated rings. The molecule has 0 radical (unpaired) electrons. The van der Waals surface area contributed by atoms with E-state index in [2.05, 4.69) is 31.4 Å². The van der Waals surface area contributed by atoms with Gasteiger partial charge in [0.25, 0.3) is 6.43 Å². The van der Waals surface area contributed by atoms with E-state index in [1.54, 1.807) is 10.9 Å². The summed E-state index contributed by atoms with van der Waals surface area (Å²) < 4.78 is 29.1. The van der Waals surface area contributed by atoms with Gasteiger partial charge in [0.05, 0.1) is 15.9 Å². The maximum atomic E-state index is 13.0. The van der Waals surface area contributed by atoms with Gasteiger partial charge in [0.15, 0.2) is 5.82 Å². The van der Waals surface area contributed by atoms with Gasteiger partial charge < -0.3 is 5.32 Å². The Morgan fingerprint density at radius 3 is 2.50 bits per heavy atom. The summed E-state index contributed by atoms with van der Waals surface area (Å²) in [4.78, 5) is 22.5. The van der Waals surface area contributed by atoms with Crippen LogP contribution in [0.2, 0.25) is 0 Å². The molecule has 30 heavy (non-hydrogen) atoms. The Morgan fingerprint density at radius 1 is 1.27 bits per heavy atom. The Bertz CT molecular complexity index is 1090. The summed E-state index contributed by atoms with van der Waals surface area (Å²) in [6.07, 6.45) is -1.44. The second kappa shape index (κ2) is 8.69. The molecule has 0 saturated heterocycles. The smallest absolute Gasteiger partial charge is 0.307 e. The van der Waals surface area contributed by atoms with Crippen LogP contribution in [-0.4, -0.2) is 30.4 Å². The minimum atomic E-state index is -3.12. The Morgan fingerprint density at radius 2 is 1.93 bits per heavy atom. The van der Waals surface area contributed by atoms with Crippen LogP contribution in [0.25, 0.3) is 0 Å². The van der Waals surface area contributed by atoms with Crippen molar-refractivity contribution in [2.45, 2.75) is 33.4 Å². The Kier molecular flexibility index (Phi) is 6.25. The molecule has 3 aromatic rings. The van der Waals surface area contributed by atoms with E-state index in [0.29, 0.717) is 11.0 Å². The largest absolute Gasteiger partial charge is 0.319 e. The molecule has 0 saturated carbocycles. The number of nitrogens with one attached hydrogen (secondary N) is 1. The number of carbonyl (C=O) groups is 1. The zero-order valence-corrected chi connectivity index (χ0v) is 17.6. The first-order chi connectivity index (χ1) is 14.2. The number of nitro groups is 1. The van der Waals surface area contributed by atoms with Crippen molar-refractivity contribution in [1.82, 2.24) is 19.6 Å². The first-order valence-corrected chi connectivity index (χ1v) is 9.53. The summed E-state index contributed by atoms with van der Waals surface area (Å²) >= 11 is 3.32. The molecule has 0 unspecified atom stereocenters. The van der Waals surface area contributed by atoms with Crippen molar-refractivity contribution in [3.05, 3.63) is 67.6 Å². The molecule has 12 heteroatoms. The average molecular weight is 483 g/mol. The number of anilines is 1. The molecule has 2 heterocycles. The molecule has 9 nitrogen and oxygen atoms in total. The normalized spacial score (nSPS) is 11.1. The molecule has 0 aliphatic carbocycles. The second-order valence-corrected chi connectivity index (χ2v) is 7.45. The molecule has 0 bridgehead atoms. The predicted molar refractivity (Wildman–Crippen MR) is 107 cm³/mol. The van der Waals surface area contributed by atoms with E-state index >= 15 is 0 Å². The highest BCUT2D eigenvalue weighted by Crippen LogP contribution is 2.30. The maximum absolute atomic E-state index is 13.0. The fraction of sp³-hybridized carbons (Fsp3) is 0.278. The lowest BCUT2D eigenvalue weighted by Crippen LogP contribution is -2.21. The van der Waals surface area contributed by atoms with Gasteiger partial charge >= 0.3 is 5.69 Å². The summed E-state index contributed by atoms with van der Waals surface area (Å²) in [6, 6.07) is 7.90. The number of carbonyl (C=O) groups excluding carboxylic acids is 1. The van der Waals surface area contributed by atoms with Crippen molar-refractivity contribution in [1.29, 1.82) is 0 Å². The summed E-state index contributed by atoms with van der Waals surface area (Å²) in [5, 5.41) is 21.4. The minimum Gasteiger partial charge on any atom is -0.307 e. The Balaban J connectivity index is 1.72. The number of aryl methyl sites for hydroxylation is 1. The third-order valence-electron chi connectivity index (χ3n) is 4.32. The molecule has 1 amide bonds. The predicted octanol–water partition coefficient (Wildman–Crippen LogP) is 3.99. The van der Waals surface area contributed by atoms with Crippen molar-refractivity contribution >= 4 is 33.3 Å². The molecular weight excluding hydrogens is 466 g/mol. The number of hydrogen-bond donors (Lipinski definition) is 1. The number of amides is 1. The zero-order chi connectivity index (χ0) is 22.0. The molecule has 2 aromatic heterocycles. The van der Waals surface area contributed by atoms with Crippen LogP contribution in [0.15, 0.2) is 34.9 Å². The van der Waals surface area contributed by atoms with E-state index < -0.39 is 35.2 Å². The Hall–Kier alpha value is -3.15. The van der Waals surface area contributed by atoms with E-state index in [0.717, 1.165) is 15.8 Å². The van der Waals surface area contributed by atoms with Gasteiger partial charge in [-0.3, -0.25) is 24.3 Å². The molecule has 0 aliphatic rings. The number of rotatable bonds is 7. The molecule has 158 valence electrons. The van der Waals surface area contributed by atoms with E-state index in [-0.39, 0.29) is 11.5 Å². The number of alkyl halides is 2. The molecule has 1 N–H and O–H groups in total. The van der Waals surface area contributed by atoms with Crippen molar-refractivity contribution in [2.75, 3.05) is 5.32 Å². The lowest BCUT2D eigenvalue weighted by Gasteiger charge is -2.05. The van der Waals surface area contributed by atoms with E-state index in [1.165, 1.54) is 6.92 Å². The average Bonchev–Trinajstić information content (AvgIpc) is 3.17. The van der Waals surface area contributed by atoms with Gasteiger partial charge in [-0.2, -0.15) is 10.2 Å². The van der Waals surface area contributed by atoms with Crippen LogP contribution in [0.1, 0.15) is 28.9 Å². The van der Waals surface area contributed by atoms with E-state index in [4.69, 9.17) is 0 Å². The zero-order valence-electron chi connectivity index (χ0n) is 16.0. The first-order valence-electron chi connectivity index (χ1n) is 8.74. The van der Waals surface area contributed by atoms with Gasteiger partial charge in [0.1, 0.15) is 12.2 Å². The minimum absolute atomic E-state index is 0.130. The van der Waals surface area contributed by atoms with E-state index in [9.17, 15) is 23.7 Å². The van der Waals surface area contributed by atoms with Crippen LogP contribution in [0.4, 0.5) is 20.3 Å². The highest BCUT2D eigenvalue weighted by atomic mass is 79.9. The SMILES string of the molecule is Cc1ccc(Cn2cc(Br)c(NC(=O)Cn3nc(C(F)F)c([N+](=O)[O-])c3C)n2)cc1. The summed E-state index contributed by atoms with van der Waals surface area (Å²) in [5.74, 6) is -0.377. The van der Waals surface area contributed by atoms with Crippen LogP contribution < -0.4 is 5.32 Å². The first kappa shape index (κ1) is 21.6. The number of halogens is 3. The highest BCUT2D eigenvalue weighted by molar-refractivity contribution is 9.10. The number of nitrogens with zero attached hydrogens (tertiary/aromatic N) is 5. The highest BCUT2D eigenvalue weighted by Gasteiger charge is 2.31. The molecule has 0 atom stereocenters. The maximum Gasteiger partial charge on any atom is 0.319 e. The summed E-state index contributed by atoms with van der Waals surface area (Å²) in [5.41, 5.74) is 0.273. The summed E-state index contributed by atoms with van der Waals surface area (Å²) in [6.45, 7) is 3.26. The topological polar surface area (TPSA) is 108 Å². The van der Waals surface area contributed by atoms with Gasteiger partial charge in [-0.05, 0) is 35.3 Å². The van der Waals surface area contributed by atoms with Crippen LogP contribution in [0.3, 0.4) is 0 Å². The van der Waals surface area contributed by atoms with Crippen LogP contribution in [0.5, 0.6) is 0 Å². The van der Waals surface area contributed by atoms with Crippen molar-refractivity contribution < 1.29 is 18.5 Å². The molecule has 0 aliphatic heterocycles. The monoisotopic (exact) mass is 482 g/mol.